The molecule has 0 saturated heterocycles. The van der Waals surface area contributed by atoms with E-state index < -0.39 is 0 Å². The first kappa shape index (κ1) is 15.2. The molecule has 0 aromatic rings. The highest BCUT2D eigenvalue weighted by molar-refractivity contribution is 5.79. The van der Waals surface area contributed by atoms with E-state index in [2.05, 4.69) is 20.8 Å². The molecule has 0 radical (unpaired) electrons. The predicted octanol–water partition coefficient (Wildman–Crippen LogP) is 5.62. The topological polar surface area (TPSA) is 17.1 Å². The molecule has 0 N–H and O–H groups in total. The molecule has 7 atom stereocenters. The van der Waals surface area contributed by atoms with Gasteiger partial charge in [-0.1, -0.05) is 27.2 Å². The van der Waals surface area contributed by atoms with Crippen molar-refractivity contribution in [1.29, 1.82) is 0 Å². The van der Waals surface area contributed by atoms with Crippen molar-refractivity contribution in [2.75, 3.05) is 0 Å². The van der Waals surface area contributed by atoms with Crippen molar-refractivity contribution in [3.63, 3.8) is 0 Å². The monoisotopic (exact) mass is 302 g/mol. The highest BCUT2D eigenvalue weighted by Gasteiger charge is 2.59. The number of Topliss-reactive ketones (excluding diaryl/α,β-unsaturated/α-hetero) is 1. The first-order valence-corrected chi connectivity index (χ1v) is 10.0. The summed E-state index contributed by atoms with van der Waals surface area (Å²) in [6, 6.07) is 0. The smallest absolute Gasteiger partial charge is 0.133 e. The van der Waals surface area contributed by atoms with Crippen molar-refractivity contribution in [2.45, 2.75) is 85.0 Å². The summed E-state index contributed by atoms with van der Waals surface area (Å²) >= 11 is 0. The van der Waals surface area contributed by atoms with Gasteiger partial charge in [0, 0.05) is 12.8 Å². The number of rotatable bonds is 1. The minimum absolute atomic E-state index is 0.489. The second-order valence-corrected chi connectivity index (χ2v) is 9.63. The lowest BCUT2D eigenvalue weighted by atomic mass is 9.45. The van der Waals surface area contributed by atoms with Crippen LogP contribution in [0, 0.1) is 40.4 Å². The van der Waals surface area contributed by atoms with Crippen molar-refractivity contribution >= 4 is 5.78 Å². The molecule has 0 bridgehead atoms. The lowest BCUT2D eigenvalue weighted by Gasteiger charge is -2.60. The Morgan fingerprint density at radius 3 is 2.50 bits per heavy atom. The van der Waals surface area contributed by atoms with Crippen molar-refractivity contribution in [3.8, 4) is 0 Å². The second kappa shape index (κ2) is 5.08. The molecule has 4 rings (SSSR count). The first-order chi connectivity index (χ1) is 10.5. The number of fused-ring (bicyclic) bond motifs is 5. The van der Waals surface area contributed by atoms with Crippen LogP contribution in [0.25, 0.3) is 0 Å². The molecular weight excluding hydrogens is 268 g/mol. The first-order valence-electron chi connectivity index (χ1n) is 10.0. The van der Waals surface area contributed by atoms with E-state index in [-0.39, 0.29) is 0 Å². The lowest BCUT2D eigenvalue weighted by Crippen LogP contribution is -2.53. The fourth-order valence-electron chi connectivity index (χ4n) is 7.82. The van der Waals surface area contributed by atoms with E-state index in [9.17, 15) is 4.79 Å². The summed E-state index contributed by atoms with van der Waals surface area (Å²) in [6.07, 6.45) is 13.0. The summed E-state index contributed by atoms with van der Waals surface area (Å²) in [7, 11) is 0. The van der Waals surface area contributed by atoms with Crippen LogP contribution < -0.4 is 0 Å². The quantitative estimate of drug-likeness (QED) is 0.614. The molecule has 0 spiro atoms. The highest BCUT2D eigenvalue weighted by atomic mass is 16.1. The molecule has 0 amide bonds. The van der Waals surface area contributed by atoms with Gasteiger partial charge in [-0.3, -0.25) is 4.79 Å². The number of carbonyl (C=O) groups is 1. The van der Waals surface area contributed by atoms with Crippen molar-refractivity contribution in [3.05, 3.63) is 0 Å². The Hall–Kier alpha value is -0.330. The fourth-order valence-corrected chi connectivity index (χ4v) is 7.82. The molecule has 22 heavy (non-hydrogen) atoms. The molecule has 3 unspecified atom stereocenters. The Labute approximate surface area is 136 Å². The van der Waals surface area contributed by atoms with Gasteiger partial charge in [0.2, 0.25) is 0 Å². The summed E-state index contributed by atoms with van der Waals surface area (Å²) in [4.78, 5) is 11.9. The van der Waals surface area contributed by atoms with Crippen LogP contribution in [-0.2, 0) is 4.79 Å². The number of hydrogen-bond acceptors (Lipinski definition) is 1. The zero-order chi connectivity index (χ0) is 15.5. The van der Waals surface area contributed by atoms with Gasteiger partial charge < -0.3 is 0 Å². The van der Waals surface area contributed by atoms with E-state index in [0.717, 1.165) is 36.5 Å². The average molecular weight is 303 g/mol. The van der Waals surface area contributed by atoms with Crippen LogP contribution in [0.5, 0.6) is 0 Å². The fraction of sp³-hybridized carbons (Fsp3) is 0.952. The van der Waals surface area contributed by atoms with Gasteiger partial charge in [0.25, 0.3) is 0 Å². The van der Waals surface area contributed by atoms with Gasteiger partial charge in [-0.2, -0.15) is 0 Å². The molecule has 1 heteroatoms. The van der Waals surface area contributed by atoms with Crippen molar-refractivity contribution in [1.82, 2.24) is 0 Å². The number of ketones is 1. The average Bonchev–Trinajstić information content (AvgIpc) is 2.84. The van der Waals surface area contributed by atoms with E-state index in [1.54, 1.807) is 0 Å². The zero-order valence-electron chi connectivity index (χ0n) is 14.9. The predicted molar refractivity (Wildman–Crippen MR) is 90.5 cm³/mol. The summed E-state index contributed by atoms with van der Waals surface area (Å²) < 4.78 is 0. The highest BCUT2D eigenvalue weighted by Crippen LogP contribution is 2.67. The van der Waals surface area contributed by atoms with Gasteiger partial charge in [0.1, 0.15) is 5.78 Å². The summed E-state index contributed by atoms with van der Waals surface area (Å²) in [5, 5.41) is 0. The maximum Gasteiger partial charge on any atom is 0.133 e. The Morgan fingerprint density at radius 2 is 1.73 bits per heavy atom. The Morgan fingerprint density at radius 1 is 0.955 bits per heavy atom. The molecule has 0 aromatic heterocycles. The Balaban J connectivity index is 1.62. The van der Waals surface area contributed by atoms with Gasteiger partial charge in [0.15, 0.2) is 0 Å². The number of carbonyl (C=O) groups excluding carboxylic acids is 1. The van der Waals surface area contributed by atoms with E-state index in [1.807, 2.05) is 0 Å². The second-order valence-electron chi connectivity index (χ2n) is 9.63. The van der Waals surface area contributed by atoms with E-state index >= 15 is 0 Å². The van der Waals surface area contributed by atoms with Crippen LogP contribution >= 0.6 is 0 Å². The molecule has 4 aliphatic rings. The third kappa shape index (κ3) is 1.93. The van der Waals surface area contributed by atoms with Crippen molar-refractivity contribution < 1.29 is 4.79 Å². The normalized spacial score (nSPS) is 54.5. The Kier molecular flexibility index (Phi) is 3.51. The number of hydrogen-bond donors (Lipinski definition) is 0. The molecular formula is C21H34O. The van der Waals surface area contributed by atoms with E-state index in [4.69, 9.17) is 0 Å². The molecule has 0 heterocycles. The van der Waals surface area contributed by atoms with Gasteiger partial charge in [0.05, 0.1) is 0 Å². The SMILES string of the molecule is CCC1CC[C@H]2[C@@H]3CC[C@H]4CC(=O)CCC4(C)[C@H]3CCC12C. The molecule has 4 saturated carbocycles. The molecule has 1 nitrogen and oxygen atoms in total. The largest absolute Gasteiger partial charge is 0.300 e. The standard InChI is InChI=1S/C21H34O/c1-4-14-6-8-18-17-7-5-15-13-16(22)9-11-21(15,3)19(17)10-12-20(14,18)2/h14-15,17-19H,4-13H2,1-3H3/t14?,15-,17-,18-,19-,20?,21?/m0/s1. The molecule has 0 aromatic carbocycles. The maximum atomic E-state index is 11.9. The van der Waals surface area contributed by atoms with Gasteiger partial charge >= 0.3 is 0 Å². The molecule has 0 aliphatic heterocycles. The minimum atomic E-state index is 0.489. The van der Waals surface area contributed by atoms with Gasteiger partial charge in [-0.15, -0.1) is 0 Å². The van der Waals surface area contributed by atoms with E-state index in [1.165, 1.54) is 51.4 Å². The van der Waals surface area contributed by atoms with Crippen LogP contribution in [0.3, 0.4) is 0 Å². The third-order valence-corrected chi connectivity index (χ3v) is 9.17. The summed E-state index contributed by atoms with van der Waals surface area (Å²) in [5.41, 5.74) is 1.13. The third-order valence-electron chi connectivity index (χ3n) is 9.17. The van der Waals surface area contributed by atoms with Gasteiger partial charge in [-0.05, 0) is 85.4 Å². The molecule has 4 aliphatic carbocycles. The molecule has 124 valence electrons. The van der Waals surface area contributed by atoms with Crippen LogP contribution in [-0.4, -0.2) is 5.78 Å². The lowest BCUT2D eigenvalue weighted by molar-refractivity contribution is -0.139. The van der Waals surface area contributed by atoms with Gasteiger partial charge in [-0.25, -0.2) is 0 Å². The van der Waals surface area contributed by atoms with Crippen LogP contribution in [0.4, 0.5) is 0 Å². The summed E-state index contributed by atoms with van der Waals surface area (Å²) in [6.45, 7) is 7.61. The summed E-state index contributed by atoms with van der Waals surface area (Å²) in [5.74, 6) is 5.14. The van der Waals surface area contributed by atoms with Crippen LogP contribution in [0.15, 0.2) is 0 Å². The minimum Gasteiger partial charge on any atom is -0.300 e. The van der Waals surface area contributed by atoms with Crippen molar-refractivity contribution in [2.24, 2.45) is 40.4 Å². The zero-order valence-corrected chi connectivity index (χ0v) is 14.9. The van der Waals surface area contributed by atoms with Crippen LogP contribution in [0.1, 0.15) is 85.0 Å². The van der Waals surface area contributed by atoms with E-state index in [0.29, 0.717) is 22.5 Å². The van der Waals surface area contributed by atoms with Crippen LogP contribution in [0.2, 0.25) is 0 Å². The maximum absolute atomic E-state index is 11.9. The molecule has 4 fully saturated rings. The Bertz CT molecular complexity index is 469.